The fraction of sp³-hybridized carbons (Fsp3) is 0.222. The Bertz CT molecular complexity index is 276. The van der Waals surface area contributed by atoms with E-state index in [1.165, 1.54) is 11.1 Å². The quantitative estimate of drug-likeness (QED) is 0.284. The minimum Gasteiger partial charge on any atom is 1.00 e. The van der Waals surface area contributed by atoms with E-state index in [0.29, 0.717) is 0 Å². The van der Waals surface area contributed by atoms with Crippen molar-refractivity contribution in [1.82, 2.24) is 0 Å². The first-order chi connectivity index (χ1) is 11.6. The fourth-order valence-corrected chi connectivity index (χ4v) is 3.13. The van der Waals surface area contributed by atoms with Gasteiger partial charge in [-0.1, -0.05) is 26.2 Å². The summed E-state index contributed by atoms with van der Waals surface area (Å²) in [6.07, 6.45) is 17.2. The third-order valence-electron chi connectivity index (χ3n) is 2.48. The zero-order valence-electron chi connectivity index (χ0n) is 15.0. The van der Waals surface area contributed by atoms with E-state index in [4.69, 9.17) is 18.6 Å². The van der Waals surface area contributed by atoms with Crippen LogP contribution < -0.4 is 0 Å². The van der Waals surface area contributed by atoms with E-state index in [1.807, 2.05) is 0 Å². The van der Waals surface area contributed by atoms with Crippen molar-refractivity contribution in [3.8, 4) is 0 Å². The van der Waals surface area contributed by atoms with Crippen molar-refractivity contribution in [3.63, 3.8) is 0 Å². The Hall–Kier alpha value is 0.641. The van der Waals surface area contributed by atoms with Crippen molar-refractivity contribution in [3.05, 3.63) is 89.1 Å². The van der Waals surface area contributed by atoms with Crippen LogP contribution in [-0.4, -0.2) is 17.6 Å². The van der Waals surface area contributed by atoms with Gasteiger partial charge >= 0.3 is 84.2 Å². The molecule has 14 radical (unpaired) electrons. The second-order valence-corrected chi connectivity index (χ2v) is 9.50. The molecule has 0 atom stereocenters. The Morgan fingerprint density at radius 3 is 0.731 bits per heavy atom. The van der Waals surface area contributed by atoms with Crippen LogP contribution in [0.25, 0.3) is 0 Å². The molecule has 26 heavy (non-hydrogen) atoms. The van der Waals surface area contributed by atoms with E-state index in [9.17, 15) is 0 Å². The van der Waals surface area contributed by atoms with Gasteiger partial charge in [-0.2, -0.15) is 0 Å². The van der Waals surface area contributed by atoms with E-state index in [0.717, 1.165) is 0 Å². The number of hydrogen-bond acceptors (Lipinski definition) is 0. The van der Waals surface area contributed by atoms with Crippen molar-refractivity contribution in [2.45, 2.75) is 26.2 Å². The SMILES string of the molecule is C[Si](C)[C]1[CH][CH][CH][CH]1.C[Si](C)[C]1[CH][CH][CH][CH]1.[C-]#[O+].[C-]#[O+].[C-]#[O+].[C-]#[O+].[Ru+].[Ru+]. The third kappa shape index (κ3) is 26.9. The molecule has 0 saturated heterocycles. The van der Waals surface area contributed by atoms with Crippen molar-refractivity contribution >= 4 is 17.6 Å². The molecule has 2 saturated carbocycles. The molecule has 4 nitrogen and oxygen atoms in total. The standard InChI is InChI=1S/2C7H10Si.4CO.2Ru/c2*1-8(2)7-5-3-4-6-7;4*1-2;;/h2*3-6H,1-2H3;;;;;;/q;;;;;;2*+1. The molecule has 2 aliphatic carbocycles. The Morgan fingerprint density at radius 2 is 0.654 bits per heavy atom. The Balaban J connectivity index is -0.0000000528. The molecule has 0 aromatic rings. The largest absolute Gasteiger partial charge is 1.00 e. The van der Waals surface area contributed by atoms with Crippen molar-refractivity contribution in [1.29, 1.82) is 0 Å². The van der Waals surface area contributed by atoms with Gasteiger partial charge in [-0.25, -0.2) is 0 Å². The van der Waals surface area contributed by atoms with Gasteiger partial charge in [-0.3, -0.25) is 0 Å². The molecule has 0 unspecified atom stereocenters. The number of hydrogen-bond donors (Lipinski definition) is 0. The van der Waals surface area contributed by atoms with Crippen molar-refractivity contribution in [2.75, 3.05) is 0 Å². The molecule has 8 heteroatoms. The predicted molar refractivity (Wildman–Crippen MR) is 91.6 cm³/mol. The third-order valence-corrected chi connectivity index (χ3v) is 5.46. The van der Waals surface area contributed by atoms with Gasteiger partial charge in [0.25, 0.3) is 0 Å². The minimum absolute atomic E-state index is 0. The average Bonchev–Trinajstić information content (AvgIpc) is 3.36. The zero-order valence-corrected chi connectivity index (χ0v) is 20.4. The van der Waals surface area contributed by atoms with Crippen LogP contribution in [0.1, 0.15) is 0 Å². The molecule has 0 N–H and O–H groups in total. The van der Waals surface area contributed by atoms with Gasteiger partial charge in [0, 0.05) is 17.6 Å². The smallest absolute Gasteiger partial charge is 1.00 e. The van der Waals surface area contributed by atoms with Crippen molar-refractivity contribution in [2.24, 2.45) is 0 Å². The summed E-state index contributed by atoms with van der Waals surface area (Å²) in [5, 5.41) is 0. The molecule has 138 valence electrons. The van der Waals surface area contributed by atoms with Crippen LogP contribution in [0.4, 0.5) is 0 Å². The molecule has 2 aliphatic rings. The maximum Gasteiger partial charge on any atom is 1.00 e. The van der Waals surface area contributed by atoms with Gasteiger partial charge in [0.2, 0.25) is 0 Å². The molecule has 2 rings (SSSR count). The van der Waals surface area contributed by atoms with Crippen LogP contribution in [0.15, 0.2) is 0 Å². The number of rotatable bonds is 2. The Kier molecular flexibility index (Phi) is 57.8. The topological polar surface area (TPSA) is 79.6 Å². The van der Waals surface area contributed by atoms with Crippen LogP contribution in [0, 0.1) is 89.1 Å². The second kappa shape index (κ2) is 36.5. The normalized spacial score (nSPS) is 14.4. The summed E-state index contributed by atoms with van der Waals surface area (Å²) in [4.78, 5) is 0. The van der Waals surface area contributed by atoms with Crippen LogP contribution >= 0.6 is 0 Å². The average molecular weight is 559 g/mol. The summed E-state index contributed by atoms with van der Waals surface area (Å²) in [5.74, 6) is 0. The minimum atomic E-state index is -0.169. The maximum absolute atomic E-state index is 7.50. The van der Waals surface area contributed by atoms with E-state index < -0.39 is 0 Å². The van der Waals surface area contributed by atoms with Crippen LogP contribution in [-0.2, 0) is 57.6 Å². The summed E-state index contributed by atoms with van der Waals surface area (Å²) in [6, 6.07) is 0. The molecular weight excluding hydrogens is 539 g/mol. The van der Waals surface area contributed by atoms with Gasteiger partial charge in [-0.15, -0.1) is 0 Å². The van der Waals surface area contributed by atoms with Gasteiger partial charge in [0.15, 0.2) is 0 Å². The summed E-state index contributed by atoms with van der Waals surface area (Å²) >= 11 is 0. The Labute approximate surface area is 189 Å². The molecule has 2 fully saturated rings. The molecule has 0 aliphatic heterocycles. The first kappa shape index (κ1) is 41.1. The van der Waals surface area contributed by atoms with Gasteiger partial charge in [0.05, 0.1) is 0 Å². The predicted octanol–water partition coefficient (Wildman–Crippen LogP) is 3.22. The van der Waals surface area contributed by atoms with E-state index in [2.05, 4.69) is 104 Å². The molecular formula is C18H20O4Ru2Si2+2. The van der Waals surface area contributed by atoms with Crippen LogP contribution in [0.3, 0.4) is 0 Å². The zero-order chi connectivity index (χ0) is 20.0. The van der Waals surface area contributed by atoms with Gasteiger partial charge in [-0.05, 0) is 62.4 Å². The van der Waals surface area contributed by atoms with Crippen LogP contribution in [0.2, 0.25) is 26.2 Å². The van der Waals surface area contributed by atoms with Gasteiger partial charge in [0.1, 0.15) is 0 Å². The first-order valence-electron chi connectivity index (χ1n) is 6.47. The van der Waals surface area contributed by atoms with E-state index in [-0.39, 0.29) is 56.5 Å². The van der Waals surface area contributed by atoms with Gasteiger partial charge < -0.3 is 0 Å². The van der Waals surface area contributed by atoms with E-state index >= 15 is 0 Å². The monoisotopic (exact) mass is 560 g/mol. The molecule has 0 spiro atoms. The molecule has 0 aromatic carbocycles. The fourth-order valence-electron chi connectivity index (χ4n) is 1.41. The summed E-state index contributed by atoms with van der Waals surface area (Å²) in [7, 11) is -0.338. The maximum atomic E-state index is 7.50. The first-order valence-corrected chi connectivity index (χ1v) is 11.5. The second-order valence-electron chi connectivity index (χ2n) is 4.35. The molecule has 0 aromatic heterocycles. The van der Waals surface area contributed by atoms with E-state index in [1.54, 1.807) is 0 Å². The van der Waals surface area contributed by atoms with Crippen molar-refractivity contribution < 1.29 is 57.6 Å². The molecule has 0 bridgehead atoms. The van der Waals surface area contributed by atoms with Crippen LogP contribution in [0.5, 0.6) is 0 Å². The summed E-state index contributed by atoms with van der Waals surface area (Å²) in [5.41, 5.74) is 3.07. The summed E-state index contributed by atoms with van der Waals surface area (Å²) < 4.78 is 30.0. The Morgan fingerprint density at radius 1 is 0.500 bits per heavy atom. The summed E-state index contributed by atoms with van der Waals surface area (Å²) in [6.45, 7) is 27.2. The molecule has 0 amide bonds. The molecule has 0 heterocycles.